The highest BCUT2D eigenvalue weighted by molar-refractivity contribution is 5.80. The Balaban J connectivity index is 2.06. The molecule has 0 spiro atoms. The van der Waals surface area contributed by atoms with Gasteiger partial charge in [-0.25, -0.2) is 0 Å². The maximum absolute atomic E-state index is 11.5. The molecule has 1 rings (SSSR count). The van der Waals surface area contributed by atoms with Crippen LogP contribution in [0.3, 0.4) is 0 Å². The van der Waals surface area contributed by atoms with E-state index >= 15 is 0 Å². The number of guanidine groups is 1. The maximum Gasteiger partial charge on any atom is 0.220 e. The second-order valence-electron chi connectivity index (χ2n) is 5.51. The molecule has 0 aromatic rings. The van der Waals surface area contributed by atoms with Crippen LogP contribution < -0.4 is 16.0 Å². The Bertz CT molecular complexity index is 309. The average Bonchev–Trinajstić information content (AvgIpc) is 3.26. The van der Waals surface area contributed by atoms with E-state index in [4.69, 9.17) is 0 Å². The Hall–Kier alpha value is -1.26. The van der Waals surface area contributed by atoms with E-state index in [1.54, 1.807) is 7.05 Å². The lowest BCUT2D eigenvalue weighted by molar-refractivity contribution is -0.121. The number of nitrogens with zero attached hydrogens (tertiary/aromatic N) is 1. The predicted octanol–water partition coefficient (Wildman–Crippen LogP) is 1.65. The van der Waals surface area contributed by atoms with Crippen LogP contribution in [0.1, 0.15) is 52.4 Å². The minimum absolute atomic E-state index is 0.175. The van der Waals surface area contributed by atoms with Crippen molar-refractivity contribution in [1.29, 1.82) is 0 Å². The number of carbonyl (C=O) groups is 1. The Labute approximate surface area is 123 Å². The Morgan fingerprint density at radius 1 is 1.25 bits per heavy atom. The highest BCUT2D eigenvalue weighted by atomic mass is 16.1. The van der Waals surface area contributed by atoms with Gasteiger partial charge in [-0.05, 0) is 25.2 Å². The lowest BCUT2D eigenvalue weighted by Crippen LogP contribution is -2.40. The van der Waals surface area contributed by atoms with Crippen LogP contribution in [-0.4, -0.2) is 38.0 Å². The van der Waals surface area contributed by atoms with Gasteiger partial charge in [-0.1, -0.05) is 26.7 Å². The zero-order valence-corrected chi connectivity index (χ0v) is 13.2. The molecule has 0 bridgehead atoms. The summed E-state index contributed by atoms with van der Waals surface area (Å²) in [6.07, 6.45) is 6.09. The van der Waals surface area contributed by atoms with Crippen LogP contribution in [0.4, 0.5) is 0 Å². The summed E-state index contributed by atoms with van der Waals surface area (Å²) in [5, 5.41) is 9.59. The Morgan fingerprint density at radius 2 is 1.95 bits per heavy atom. The van der Waals surface area contributed by atoms with Gasteiger partial charge in [-0.2, -0.15) is 0 Å². The lowest BCUT2D eigenvalue weighted by atomic mass is 10.0. The molecule has 1 fully saturated rings. The van der Waals surface area contributed by atoms with Gasteiger partial charge in [0.25, 0.3) is 0 Å². The van der Waals surface area contributed by atoms with Gasteiger partial charge in [0.2, 0.25) is 5.91 Å². The first kappa shape index (κ1) is 16.8. The van der Waals surface area contributed by atoms with Crippen molar-refractivity contribution in [2.75, 3.05) is 20.1 Å². The van der Waals surface area contributed by atoms with Crippen molar-refractivity contribution in [3.63, 3.8) is 0 Å². The van der Waals surface area contributed by atoms with Gasteiger partial charge in [0, 0.05) is 32.6 Å². The molecule has 1 aliphatic carbocycles. The van der Waals surface area contributed by atoms with E-state index in [1.807, 2.05) is 0 Å². The maximum atomic E-state index is 11.5. The van der Waals surface area contributed by atoms with Crippen LogP contribution in [0, 0.1) is 5.92 Å². The van der Waals surface area contributed by atoms with E-state index in [2.05, 4.69) is 34.8 Å². The summed E-state index contributed by atoms with van der Waals surface area (Å²) in [6, 6.07) is 0.463. The molecule has 0 saturated heterocycles. The molecular formula is C15H30N4O. The zero-order valence-electron chi connectivity index (χ0n) is 13.2. The summed E-state index contributed by atoms with van der Waals surface area (Å²) in [7, 11) is 1.78. The van der Waals surface area contributed by atoms with Crippen molar-refractivity contribution >= 4 is 11.9 Å². The minimum atomic E-state index is 0.175. The molecule has 0 atom stereocenters. The third-order valence-electron chi connectivity index (χ3n) is 3.75. The third-order valence-corrected chi connectivity index (χ3v) is 3.75. The van der Waals surface area contributed by atoms with Crippen LogP contribution in [0.25, 0.3) is 0 Å². The van der Waals surface area contributed by atoms with Gasteiger partial charge in [0.1, 0.15) is 0 Å². The summed E-state index contributed by atoms with van der Waals surface area (Å²) >= 11 is 0. The first-order valence-electron chi connectivity index (χ1n) is 7.93. The number of carbonyl (C=O) groups excluding carboxylic acids is 1. The summed E-state index contributed by atoms with van der Waals surface area (Å²) in [5.74, 6) is 1.70. The van der Waals surface area contributed by atoms with Crippen molar-refractivity contribution in [1.82, 2.24) is 16.0 Å². The monoisotopic (exact) mass is 282 g/mol. The summed E-state index contributed by atoms with van der Waals surface area (Å²) < 4.78 is 0. The predicted molar refractivity (Wildman–Crippen MR) is 83.8 cm³/mol. The summed E-state index contributed by atoms with van der Waals surface area (Å²) in [5.41, 5.74) is 0. The average molecular weight is 282 g/mol. The van der Waals surface area contributed by atoms with Crippen molar-refractivity contribution in [3.05, 3.63) is 0 Å². The molecule has 5 heteroatoms. The number of nitrogens with one attached hydrogen (secondary N) is 3. The largest absolute Gasteiger partial charge is 0.356 e. The summed E-state index contributed by atoms with van der Waals surface area (Å²) in [6.45, 7) is 6.16. The molecule has 5 nitrogen and oxygen atoms in total. The van der Waals surface area contributed by atoms with E-state index in [9.17, 15) is 4.79 Å². The number of hydrogen-bond donors (Lipinski definition) is 3. The van der Waals surface area contributed by atoms with Crippen LogP contribution in [0.5, 0.6) is 0 Å². The second kappa shape index (κ2) is 9.61. The van der Waals surface area contributed by atoms with Crippen LogP contribution >= 0.6 is 0 Å². The number of amides is 1. The molecular weight excluding hydrogens is 252 g/mol. The van der Waals surface area contributed by atoms with E-state index in [-0.39, 0.29) is 5.91 Å². The molecule has 0 aliphatic heterocycles. The highest BCUT2D eigenvalue weighted by Gasteiger charge is 2.22. The molecule has 0 aromatic heterocycles. The molecule has 20 heavy (non-hydrogen) atoms. The van der Waals surface area contributed by atoms with Crippen molar-refractivity contribution < 1.29 is 4.79 Å². The minimum Gasteiger partial charge on any atom is -0.356 e. The van der Waals surface area contributed by atoms with E-state index in [0.29, 0.717) is 18.4 Å². The number of aliphatic imine (C=N–C) groups is 1. The van der Waals surface area contributed by atoms with Crippen molar-refractivity contribution in [2.45, 2.75) is 58.4 Å². The molecule has 0 aromatic carbocycles. The zero-order chi connectivity index (χ0) is 14.8. The van der Waals surface area contributed by atoms with Crippen molar-refractivity contribution in [3.8, 4) is 0 Å². The van der Waals surface area contributed by atoms with Crippen LogP contribution in [0.2, 0.25) is 0 Å². The Morgan fingerprint density at radius 3 is 2.50 bits per heavy atom. The molecule has 1 saturated carbocycles. The molecule has 116 valence electrons. The standard InChI is InChI=1S/C15H30N4O/c1-4-12(5-2)11-18-15(16-3)17-10-6-7-14(20)19-13-8-9-13/h12-13H,4-11H2,1-3H3,(H,19,20)(H2,16,17,18). The van der Waals surface area contributed by atoms with Crippen molar-refractivity contribution in [2.24, 2.45) is 10.9 Å². The quantitative estimate of drug-likeness (QED) is 0.342. The first-order valence-corrected chi connectivity index (χ1v) is 7.93. The van der Waals surface area contributed by atoms with E-state index in [0.717, 1.165) is 38.3 Å². The van der Waals surface area contributed by atoms with Gasteiger partial charge in [-0.3, -0.25) is 9.79 Å². The SMILES string of the molecule is CCC(CC)CNC(=NC)NCCCC(=O)NC1CC1. The fraction of sp³-hybridized carbons (Fsp3) is 0.867. The smallest absolute Gasteiger partial charge is 0.220 e. The molecule has 0 heterocycles. The fourth-order valence-corrected chi connectivity index (χ4v) is 2.02. The Kier molecular flexibility index (Phi) is 8.07. The fourth-order valence-electron chi connectivity index (χ4n) is 2.02. The van der Waals surface area contributed by atoms with Gasteiger partial charge in [0.05, 0.1) is 0 Å². The highest BCUT2D eigenvalue weighted by Crippen LogP contribution is 2.18. The molecule has 0 radical (unpaired) electrons. The first-order chi connectivity index (χ1) is 9.69. The molecule has 3 N–H and O–H groups in total. The number of hydrogen-bond acceptors (Lipinski definition) is 2. The van der Waals surface area contributed by atoms with Crippen LogP contribution in [0.15, 0.2) is 4.99 Å². The van der Waals surface area contributed by atoms with Gasteiger partial charge >= 0.3 is 0 Å². The second-order valence-corrected chi connectivity index (χ2v) is 5.51. The molecule has 0 unspecified atom stereocenters. The number of rotatable bonds is 9. The van der Waals surface area contributed by atoms with Gasteiger partial charge in [0.15, 0.2) is 5.96 Å². The topological polar surface area (TPSA) is 65.5 Å². The van der Waals surface area contributed by atoms with E-state index < -0.39 is 0 Å². The third kappa shape index (κ3) is 7.36. The summed E-state index contributed by atoms with van der Waals surface area (Å²) in [4.78, 5) is 15.7. The molecule has 1 aliphatic rings. The lowest BCUT2D eigenvalue weighted by Gasteiger charge is -2.16. The van der Waals surface area contributed by atoms with E-state index in [1.165, 1.54) is 12.8 Å². The molecule has 1 amide bonds. The van der Waals surface area contributed by atoms with Gasteiger partial charge < -0.3 is 16.0 Å². The normalized spacial score (nSPS) is 15.3. The van der Waals surface area contributed by atoms with Crippen LogP contribution in [-0.2, 0) is 4.79 Å². The van der Waals surface area contributed by atoms with Gasteiger partial charge in [-0.15, -0.1) is 0 Å².